The van der Waals surface area contributed by atoms with E-state index in [-0.39, 0.29) is 0 Å². The fourth-order valence-corrected chi connectivity index (χ4v) is 2.30. The SMILES string of the molecule is CC(C)N1CCC(Nc2ccccc2C#N)C1. The lowest BCUT2D eigenvalue weighted by atomic mass is 10.1. The number of hydrogen-bond donors (Lipinski definition) is 1. The number of para-hydroxylation sites is 1. The van der Waals surface area contributed by atoms with Crippen LogP contribution < -0.4 is 5.32 Å². The molecule has 3 heteroatoms. The Labute approximate surface area is 103 Å². The molecular formula is C14H19N3. The van der Waals surface area contributed by atoms with Crippen molar-refractivity contribution in [2.24, 2.45) is 0 Å². The van der Waals surface area contributed by atoms with Crippen LogP contribution in [0.25, 0.3) is 0 Å². The summed E-state index contributed by atoms with van der Waals surface area (Å²) in [7, 11) is 0. The third-order valence-electron chi connectivity index (χ3n) is 3.36. The zero-order valence-corrected chi connectivity index (χ0v) is 10.5. The first-order valence-corrected chi connectivity index (χ1v) is 6.20. The highest BCUT2D eigenvalue weighted by Gasteiger charge is 2.24. The standard InChI is InChI=1S/C14H19N3/c1-11(2)17-8-7-13(10-17)16-14-6-4-3-5-12(14)9-15/h3-6,11,13,16H,7-8,10H2,1-2H3. The molecule has 17 heavy (non-hydrogen) atoms. The van der Waals surface area contributed by atoms with Gasteiger partial charge in [-0.2, -0.15) is 5.26 Å². The van der Waals surface area contributed by atoms with Crippen LogP contribution in [-0.4, -0.2) is 30.1 Å². The highest BCUT2D eigenvalue weighted by atomic mass is 15.2. The van der Waals surface area contributed by atoms with Crippen LogP contribution in [-0.2, 0) is 0 Å². The van der Waals surface area contributed by atoms with Crippen molar-refractivity contribution in [1.82, 2.24) is 4.90 Å². The van der Waals surface area contributed by atoms with Gasteiger partial charge in [-0.05, 0) is 32.4 Å². The summed E-state index contributed by atoms with van der Waals surface area (Å²) < 4.78 is 0. The Morgan fingerprint density at radius 3 is 2.82 bits per heavy atom. The third kappa shape index (κ3) is 2.78. The molecule has 90 valence electrons. The largest absolute Gasteiger partial charge is 0.380 e. The smallest absolute Gasteiger partial charge is 0.101 e. The van der Waals surface area contributed by atoms with Crippen molar-refractivity contribution < 1.29 is 0 Å². The van der Waals surface area contributed by atoms with E-state index in [4.69, 9.17) is 5.26 Å². The molecule has 1 aliphatic rings. The first kappa shape index (κ1) is 11.9. The maximum atomic E-state index is 9.03. The predicted molar refractivity (Wildman–Crippen MR) is 69.9 cm³/mol. The minimum absolute atomic E-state index is 0.465. The topological polar surface area (TPSA) is 39.1 Å². The van der Waals surface area contributed by atoms with Crippen LogP contribution in [0, 0.1) is 11.3 Å². The van der Waals surface area contributed by atoms with Gasteiger partial charge in [0.05, 0.1) is 11.3 Å². The van der Waals surface area contributed by atoms with Crippen molar-refractivity contribution in [3.8, 4) is 6.07 Å². The van der Waals surface area contributed by atoms with Crippen LogP contribution in [0.15, 0.2) is 24.3 Å². The number of nitrogens with zero attached hydrogens (tertiary/aromatic N) is 2. The van der Waals surface area contributed by atoms with Crippen LogP contribution in [0.4, 0.5) is 5.69 Å². The Bertz CT molecular complexity index is 420. The van der Waals surface area contributed by atoms with Gasteiger partial charge in [-0.3, -0.25) is 4.90 Å². The number of rotatable bonds is 3. The minimum atomic E-state index is 0.465. The number of anilines is 1. The number of benzene rings is 1. The van der Waals surface area contributed by atoms with Gasteiger partial charge in [-0.15, -0.1) is 0 Å². The van der Waals surface area contributed by atoms with Crippen molar-refractivity contribution in [2.45, 2.75) is 32.4 Å². The van der Waals surface area contributed by atoms with Gasteiger partial charge in [0.25, 0.3) is 0 Å². The first-order chi connectivity index (χ1) is 8.20. The van der Waals surface area contributed by atoms with E-state index in [2.05, 4.69) is 30.1 Å². The molecule has 1 unspecified atom stereocenters. The molecule has 0 spiro atoms. The van der Waals surface area contributed by atoms with Gasteiger partial charge in [0.15, 0.2) is 0 Å². The van der Waals surface area contributed by atoms with Crippen LogP contribution in [0.3, 0.4) is 0 Å². The highest BCUT2D eigenvalue weighted by molar-refractivity contribution is 5.57. The van der Waals surface area contributed by atoms with Crippen LogP contribution in [0.5, 0.6) is 0 Å². The predicted octanol–water partition coefficient (Wildman–Crippen LogP) is 2.45. The molecule has 2 rings (SSSR count). The molecule has 0 radical (unpaired) electrons. The summed E-state index contributed by atoms with van der Waals surface area (Å²) in [6.07, 6.45) is 1.15. The van der Waals surface area contributed by atoms with Gasteiger partial charge < -0.3 is 5.32 Å². The number of hydrogen-bond acceptors (Lipinski definition) is 3. The lowest BCUT2D eigenvalue weighted by molar-refractivity contribution is 0.274. The molecule has 0 aliphatic carbocycles. The second-order valence-electron chi connectivity index (χ2n) is 4.88. The molecule has 1 aliphatic heterocycles. The fraction of sp³-hybridized carbons (Fsp3) is 0.500. The van der Waals surface area contributed by atoms with E-state index in [1.54, 1.807) is 0 Å². The Morgan fingerprint density at radius 2 is 2.18 bits per heavy atom. The van der Waals surface area contributed by atoms with Crippen molar-refractivity contribution in [3.63, 3.8) is 0 Å². The molecular weight excluding hydrogens is 210 g/mol. The average molecular weight is 229 g/mol. The Hall–Kier alpha value is -1.53. The Morgan fingerprint density at radius 1 is 1.41 bits per heavy atom. The molecule has 1 aromatic rings. The van der Waals surface area contributed by atoms with Crippen LogP contribution in [0.1, 0.15) is 25.8 Å². The maximum absolute atomic E-state index is 9.03. The summed E-state index contributed by atoms with van der Waals surface area (Å²) in [5.74, 6) is 0. The van der Waals surface area contributed by atoms with Gasteiger partial charge in [0.1, 0.15) is 6.07 Å². The second-order valence-corrected chi connectivity index (χ2v) is 4.88. The van der Waals surface area contributed by atoms with Crippen molar-refractivity contribution in [3.05, 3.63) is 29.8 Å². The minimum Gasteiger partial charge on any atom is -0.380 e. The van der Waals surface area contributed by atoms with E-state index >= 15 is 0 Å². The fourth-order valence-electron chi connectivity index (χ4n) is 2.30. The van der Waals surface area contributed by atoms with Gasteiger partial charge in [-0.25, -0.2) is 0 Å². The lowest BCUT2D eigenvalue weighted by Crippen LogP contribution is -2.31. The number of likely N-dealkylation sites (tertiary alicyclic amines) is 1. The Balaban J connectivity index is 2.01. The maximum Gasteiger partial charge on any atom is 0.101 e. The summed E-state index contributed by atoms with van der Waals surface area (Å²) in [5, 5.41) is 12.5. The van der Waals surface area contributed by atoms with Crippen molar-refractivity contribution >= 4 is 5.69 Å². The average Bonchev–Trinajstić information content (AvgIpc) is 2.78. The zero-order chi connectivity index (χ0) is 12.3. The summed E-state index contributed by atoms with van der Waals surface area (Å²) >= 11 is 0. The molecule has 1 fully saturated rings. The van der Waals surface area contributed by atoms with E-state index in [1.807, 2.05) is 24.3 Å². The molecule has 1 heterocycles. The summed E-state index contributed by atoms with van der Waals surface area (Å²) in [4.78, 5) is 2.46. The van der Waals surface area contributed by atoms with E-state index < -0.39 is 0 Å². The molecule has 0 amide bonds. The summed E-state index contributed by atoms with van der Waals surface area (Å²) in [6, 6.07) is 11.0. The van der Waals surface area contributed by atoms with E-state index in [0.717, 1.165) is 30.8 Å². The quantitative estimate of drug-likeness (QED) is 0.865. The van der Waals surface area contributed by atoms with Crippen molar-refractivity contribution in [2.75, 3.05) is 18.4 Å². The number of nitrogens with one attached hydrogen (secondary N) is 1. The van der Waals surface area contributed by atoms with Crippen molar-refractivity contribution in [1.29, 1.82) is 5.26 Å². The first-order valence-electron chi connectivity index (χ1n) is 6.20. The normalized spacial score (nSPS) is 20.5. The highest BCUT2D eigenvalue weighted by Crippen LogP contribution is 2.20. The molecule has 1 aromatic carbocycles. The number of nitriles is 1. The van der Waals surface area contributed by atoms with Gasteiger partial charge in [-0.1, -0.05) is 12.1 Å². The third-order valence-corrected chi connectivity index (χ3v) is 3.36. The molecule has 0 saturated carbocycles. The van der Waals surface area contributed by atoms with E-state index in [1.165, 1.54) is 0 Å². The molecule has 1 N–H and O–H groups in total. The molecule has 1 saturated heterocycles. The lowest BCUT2D eigenvalue weighted by Gasteiger charge is -2.21. The van der Waals surface area contributed by atoms with Gasteiger partial charge in [0.2, 0.25) is 0 Å². The van der Waals surface area contributed by atoms with Crippen LogP contribution >= 0.6 is 0 Å². The Kier molecular flexibility index (Phi) is 3.65. The zero-order valence-electron chi connectivity index (χ0n) is 10.5. The van der Waals surface area contributed by atoms with E-state index in [9.17, 15) is 0 Å². The van der Waals surface area contributed by atoms with Gasteiger partial charge >= 0.3 is 0 Å². The second kappa shape index (κ2) is 5.20. The van der Waals surface area contributed by atoms with Gasteiger partial charge in [0, 0.05) is 25.2 Å². The summed E-state index contributed by atoms with van der Waals surface area (Å²) in [6.45, 7) is 6.67. The summed E-state index contributed by atoms with van der Waals surface area (Å²) in [5.41, 5.74) is 1.70. The molecule has 1 atom stereocenters. The molecule has 3 nitrogen and oxygen atoms in total. The molecule has 0 aromatic heterocycles. The molecule has 0 bridgehead atoms. The van der Waals surface area contributed by atoms with Crippen LogP contribution in [0.2, 0.25) is 0 Å². The van der Waals surface area contributed by atoms with E-state index in [0.29, 0.717) is 12.1 Å². The monoisotopic (exact) mass is 229 g/mol.